The molecular weight excluding hydrogens is 347 g/mol. The first-order valence-electron chi connectivity index (χ1n) is 7.74. The van der Waals surface area contributed by atoms with Crippen LogP contribution in [0.25, 0.3) is 11.0 Å². The zero-order valence-corrected chi connectivity index (χ0v) is 13.6. The van der Waals surface area contributed by atoms with Gasteiger partial charge in [0.2, 0.25) is 0 Å². The van der Waals surface area contributed by atoms with Crippen LogP contribution in [0, 0.1) is 0 Å². The van der Waals surface area contributed by atoms with E-state index in [1.54, 1.807) is 24.3 Å². The molecule has 0 radical (unpaired) electrons. The highest BCUT2D eigenvalue weighted by Gasteiger charge is 2.27. The van der Waals surface area contributed by atoms with E-state index < -0.39 is 12.8 Å². The number of anilines is 2. The van der Waals surface area contributed by atoms with Crippen LogP contribution in [-0.2, 0) is 17.9 Å². The molecule has 0 aliphatic carbocycles. The van der Waals surface area contributed by atoms with Crippen LogP contribution in [0.4, 0.5) is 24.8 Å². The molecule has 0 spiro atoms. The van der Waals surface area contributed by atoms with Gasteiger partial charge in [-0.05, 0) is 23.3 Å². The molecule has 0 fully saturated rings. The molecule has 1 aromatic carbocycles. The van der Waals surface area contributed by atoms with Crippen LogP contribution >= 0.6 is 0 Å². The van der Waals surface area contributed by atoms with E-state index >= 15 is 0 Å². The van der Waals surface area contributed by atoms with Gasteiger partial charge in [-0.15, -0.1) is 0 Å². The Morgan fingerprint density at radius 3 is 2.46 bits per heavy atom. The van der Waals surface area contributed by atoms with Gasteiger partial charge in [-0.25, -0.2) is 15.0 Å². The summed E-state index contributed by atoms with van der Waals surface area (Å²) in [7, 11) is 0. The first-order chi connectivity index (χ1) is 12.4. The quantitative estimate of drug-likeness (QED) is 0.699. The largest absolute Gasteiger partial charge is 0.411 e. The van der Waals surface area contributed by atoms with Gasteiger partial charge in [0.05, 0.1) is 12.0 Å². The number of hydrogen-bond acceptors (Lipinski definition) is 6. The average molecular weight is 363 g/mol. The van der Waals surface area contributed by atoms with E-state index in [0.29, 0.717) is 29.4 Å². The van der Waals surface area contributed by atoms with Crippen LogP contribution in [0.3, 0.4) is 0 Å². The minimum atomic E-state index is -4.32. The molecule has 0 bridgehead atoms. The molecule has 0 saturated carbocycles. The molecule has 0 aliphatic rings. The average Bonchev–Trinajstić information content (AvgIpc) is 2.59. The summed E-state index contributed by atoms with van der Waals surface area (Å²) in [6.07, 6.45) is -2.91. The van der Waals surface area contributed by atoms with Crippen molar-refractivity contribution in [3.8, 4) is 0 Å². The summed E-state index contributed by atoms with van der Waals surface area (Å²) >= 11 is 0. The standard InChI is InChI=1S/C17H16F3N5O/c18-17(19,20)9-26-8-12-3-1-11(2-4-12)7-22-15-13-5-6-14(21)25-16(13)24-10-23-15/h1-6,10H,7-9H2,(H3,21,22,23,24,25). The van der Waals surface area contributed by atoms with E-state index in [2.05, 4.69) is 25.0 Å². The van der Waals surface area contributed by atoms with Crippen molar-refractivity contribution >= 4 is 22.7 Å². The van der Waals surface area contributed by atoms with Gasteiger partial charge in [0.1, 0.15) is 24.6 Å². The SMILES string of the molecule is Nc1ccc2c(NCc3ccc(COCC(F)(F)F)cc3)ncnc2n1. The molecule has 0 unspecified atom stereocenters. The van der Waals surface area contributed by atoms with E-state index in [9.17, 15) is 13.2 Å². The maximum atomic E-state index is 12.1. The van der Waals surface area contributed by atoms with Gasteiger partial charge in [-0.3, -0.25) is 0 Å². The van der Waals surface area contributed by atoms with Crippen molar-refractivity contribution < 1.29 is 17.9 Å². The van der Waals surface area contributed by atoms with E-state index in [4.69, 9.17) is 5.73 Å². The van der Waals surface area contributed by atoms with E-state index in [-0.39, 0.29) is 6.61 Å². The third-order valence-corrected chi connectivity index (χ3v) is 3.54. The topological polar surface area (TPSA) is 86.0 Å². The second-order valence-corrected chi connectivity index (χ2v) is 5.61. The number of fused-ring (bicyclic) bond motifs is 1. The summed E-state index contributed by atoms with van der Waals surface area (Å²) in [6.45, 7) is -0.854. The van der Waals surface area contributed by atoms with Crippen molar-refractivity contribution in [2.75, 3.05) is 17.7 Å². The molecule has 26 heavy (non-hydrogen) atoms. The molecule has 0 aliphatic heterocycles. The molecule has 0 saturated heterocycles. The number of hydrogen-bond donors (Lipinski definition) is 2. The van der Waals surface area contributed by atoms with Gasteiger partial charge >= 0.3 is 6.18 Å². The number of nitrogen functional groups attached to an aromatic ring is 1. The van der Waals surface area contributed by atoms with Gasteiger partial charge in [0.25, 0.3) is 0 Å². The third-order valence-electron chi connectivity index (χ3n) is 3.54. The fourth-order valence-corrected chi connectivity index (χ4v) is 2.32. The fraction of sp³-hybridized carbons (Fsp3) is 0.235. The lowest BCUT2D eigenvalue weighted by Crippen LogP contribution is -2.16. The summed E-state index contributed by atoms with van der Waals surface area (Å²) < 4.78 is 40.8. The van der Waals surface area contributed by atoms with Crippen molar-refractivity contribution in [3.05, 3.63) is 53.9 Å². The van der Waals surface area contributed by atoms with Gasteiger partial charge < -0.3 is 15.8 Å². The lowest BCUT2D eigenvalue weighted by molar-refractivity contribution is -0.176. The van der Waals surface area contributed by atoms with Crippen molar-refractivity contribution in [1.82, 2.24) is 15.0 Å². The van der Waals surface area contributed by atoms with Crippen LogP contribution in [0.2, 0.25) is 0 Å². The molecule has 136 valence electrons. The second kappa shape index (κ2) is 7.52. The predicted octanol–water partition coefficient (Wildman–Crippen LogP) is 3.30. The number of benzene rings is 1. The van der Waals surface area contributed by atoms with Crippen LogP contribution < -0.4 is 11.1 Å². The number of nitrogens with one attached hydrogen (secondary N) is 1. The van der Waals surface area contributed by atoms with E-state index in [1.165, 1.54) is 6.33 Å². The number of pyridine rings is 1. The molecule has 9 heteroatoms. The smallest absolute Gasteiger partial charge is 0.384 e. The first-order valence-corrected chi connectivity index (χ1v) is 7.74. The molecule has 6 nitrogen and oxygen atoms in total. The van der Waals surface area contributed by atoms with Gasteiger partial charge in [-0.1, -0.05) is 24.3 Å². The zero-order valence-electron chi connectivity index (χ0n) is 13.6. The maximum absolute atomic E-state index is 12.1. The lowest BCUT2D eigenvalue weighted by atomic mass is 10.1. The Hall–Kier alpha value is -2.94. The lowest BCUT2D eigenvalue weighted by Gasteiger charge is -2.10. The molecule has 2 heterocycles. The number of nitrogens with zero attached hydrogens (tertiary/aromatic N) is 3. The third kappa shape index (κ3) is 4.79. The Kier molecular flexibility index (Phi) is 5.17. The van der Waals surface area contributed by atoms with Gasteiger partial charge in [0, 0.05) is 6.54 Å². The summed E-state index contributed by atoms with van der Waals surface area (Å²) in [5.74, 6) is 1.01. The Bertz CT molecular complexity index is 884. The molecule has 3 N–H and O–H groups in total. The van der Waals surface area contributed by atoms with Crippen molar-refractivity contribution in [1.29, 1.82) is 0 Å². The Labute approximate surface area is 147 Å². The number of ether oxygens (including phenoxy) is 1. The molecular formula is C17H16F3N5O. The highest BCUT2D eigenvalue weighted by atomic mass is 19.4. The van der Waals surface area contributed by atoms with Crippen molar-refractivity contribution in [2.45, 2.75) is 19.3 Å². The number of halogens is 3. The van der Waals surface area contributed by atoms with E-state index in [1.807, 2.05) is 12.1 Å². The maximum Gasteiger partial charge on any atom is 0.411 e. The highest BCUT2D eigenvalue weighted by molar-refractivity contribution is 5.86. The molecule has 3 aromatic rings. The monoisotopic (exact) mass is 363 g/mol. The molecule has 3 rings (SSSR count). The summed E-state index contributed by atoms with van der Waals surface area (Å²) in [6, 6.07) is 10.6. The van der Waals surface area contributed by atoms with Gasteiger partial charge in [0.15, 0.2) is 5.65 Å². The first kappa shape index (κ1) is 17.9. The summed E-state index contributed by atoms with van der Waals surface area (Å²) in [4.78, 5) is 12.4. The van der Waals surface area contributed by atoms with Crippen LogP contribution in [0.1, 0.15) is 11.1 Å². The van der Waals surface area contributed by atoms with E-state index in [0.717, 1.165) is 10.9 Å². The summed E-state index contributed by atoms with van der Waals surface area (Å²) in [5, 5.41) is 3.94. The van der Waals surface area contributed by atoms with Crippen molar-refractivity contribution in [2.24, 2.45) is 0 Å². The summed E-state index contributed by atoms with van der Waals surface area (Å²) in [5.41, 5.74) is 7.76. The Morgan fingerprint density at radius 2 is 1.73 bits per heavy atom. The Balaban J connectivity index is 1.60. The number of aromatic nitrogens is 3. The normalized spacial score (nSPS) is 11.7. The number of nitrogens with two attached hydrogens (primary N) is 1. The zero-order chi connectivity index (χ0) is 18.6. The molecule has 0 amide bonds. The van der Waals surface area contributed by atoms with Crippen LogP contribution in [0.5, 0.6) is 0 Å². The van der Waals surface area contributed by atoms with Crippen LogP contribution in [-0.4, -0.2) is 27.7 Å². The van der Waals surface area contributed by atoms with Gasteiger partial charge in [-0.2, -0.15) is 13.2 Å². The predicted molar refractivity (Wildman–Crippen MR) is 91.2 cm³/mol. The Morgan fingerprint density at radius 1 is 1.00 bits per heavy atom. The minimum Gasteiger partial charge on any atom is -0.384 e. The van der Waals surface area contributed by atoms with Crippen LogP contribution in [0.15, 0.2) is 42.7 Å². The second-order valence-electron chi connectivity index (χ2n) is 5.61. The molecule has 2 aromatic heterocycles. The highest BCUT2D eigenvalue weighted by Crippen LogP contribution is 2.20. The number of rotatable bonds is 6. The van der Waals surface area contributed by atoms with Crippen molar-refractivity contribution in [3.63, 3.8) is 0 Å². The fourth-order valence-electron chi connectivity index (χ4n) is 2.32. The number of alkyl halides is 3. The minimum absolute atomic E-state index is 0.0865. The molecule has 0 atom stereocenters.